The molecule has 2 saturated carbocycles. The first-order valence-electron chi connectivity index (χ1n) is 7.29. The van der Waals surface area contributed by atoms with E-state index >= 15 is 0 Å². The Morgan fingerprint density at radius 2 is 1.83 bits per heavy atom. The van der Waals surface area contributed by atoms with Crippen LogP contribution in [0.2, 0.25) is 5.02 Å². The number of hydrogen-bond donors (Lipinski definition) is 1. The minimum Gasteiger partial charge on any atom is -0.314 e. The quantitative estimate of drug-likeness (QED) is 0.845. The molecule has 2 aliphatic carbocycles. The average molecular weight is 264 g/mol. The first-order valence-corrected chi connectivity index (χ1v) is 7.67. The molecule has 0 heterocycles. The smallest absolute Gasteiger partial charge is 0.0438 e. The van der Waals surface area contributed by atoms with Crippen LogP contribution in [0.25, 0.3) is 0 Å². The molecule has 0 bridgehead atoms. The molecule has 98 valence electrons. The van der Waals surface area contributed by atoms with Crippen LogP contribution in [0.3, 0.4) is 0 Å². The molecule has 18 heavy (non-hydrogen) atoms. The second-order valence-electron chi connectivity index (χ2n) is 5.93. The normalized spacial score (nSPS) is 27.6. The minimum atomic E-state index is 0.830. The van der Waals surface area contributed by atoms with Gasteiger partial charge in [0.05, 0.1) is 0 Å². The van der Waals surface area contributed by atoms with Crippen molar-refractivity contribution in [1.82, 2.24) is 5.32 Å². The van der Waals surface area contributed by atoms with Crippen LogP contribution < -0.4 is 5.32 Å². The number of nitrogens with one attached hydrogen (secondary N) is 1. The van der Waals surface area contributed by atoms with Crippen LogP contribution in [0.4, 0.5) is 0 Å². The Balaban J connectivity index is 1.58. The summed E-state index contributed by atoms with van der Waals surface area (Å²) in [5.74, 6) is 1.69. The zero-order chi connectivity index (χ0) is 12.4. The third-order valence-electron chi connectivity index (χ3n) is 4.50. The van der Waals surface area contributed by atoms with Crippen molar-refractivity contribution in [3.05, 3.63) is 34.9 Å². The zero-order valence-corrected chi connectivity index (χ0v) is 11.6. The van der Waals surface area contributed by atoms with Crippen molar-refractivity contribution in [2.45, 2.75) is 44.6 Å². The molecule has 0 amide bonds. The summed E-state index contributed by atoms with van der Waals surface area (Å²) < 4.78 is 0. The lowest BCUT2D eigenvalue weighted by Crippen LogP contribution is -2.27. The molecule has 0 saturated heterocycles. The molecule has 2 atom stereocenters. The highest BCUT2D eigenvalue weighted by Gasteiger charge is 2.29. The summed E-state index contributed by atoms with van der Waals surface area (Å²) in [6.45, 7) is 1.22. The van der Waals surface area contributed by atoms with Gasteiger partial charge in [-0.3, -0.25) is 0 Å². The minimum absolute atomic E-state index is 0.830. The largest absolute Gasteiger partial charge is 0.314 e. The van der Waals surface area contributed by atoms with Crippen LogP contribution in [0.15, 0.2) is 24.3 Å². The van der Waals surface area contributed by atoms with Crippen LogP contribution in [-0.2, 0) is 6.42 Å². The number of halogens is 1. The van der Waals surface area contributed by atoms with Crippen molar-refractivity contribution in [1.29, 1.82) is 0 Å². The Hall–Kier alpha value is -0.530. The zero-order valence-electron chi connectivity index (χ0n) is 10.9. The predicted octanol–water partition coefficient (Wildman–Crippen LogP) is 4.05. The van der Waals surface area contributed by atoms with Gasteiger partial charge >= 0.3 is 0 Å². The summed E-state index contributed by atoms with van der Waals surface area (Å²) in [5.41, 5.74) is 1.34. The lowest BCUT2D eigenvalue weighted by Gasteiger charge is -2.20. The Morgan fingerprint density at radius 3 is 2.61 bits per heavy atom. The van der Waals surface area contributed by atoms with E-state index in [0.717, 1.165) is 29.3 Å². The molecule has 2 heteroatoms. The maximum atomic E-state index is 6.27. The van der Waals surface area contributed by atoms with Crippen molar-refractivity contribution >= 4 is 11.6 Å². The summed E-state index contributed by atoms with van der Waals surface area (Å²) in [4.78, 5) is 0. The fraction of sp³-hybridized carbons (Fsp3) is 0.625. The van der Waals surface area contributed by atoms with Crippen molar-refractivity contribution in [2.24, 2.45) is 11.8 Å². The number of rotatable bonds is 5. The van der Waals surface area contributed by atoms with E-state index in [2.05, 4.69) is 17.4 Å². The van der Waals surface area contributed by atoms with Gasteiger partial charge in [0.25, 0.3) is 0 Å². The Kier molecular flexibility index (Phi) is 3.91. The van der Waals surface area contributed by atoms with Gasteiger partial charge in [0.1, 0.15) is 0 Å². The van der Waals surface area contributed by atoms with Crippen molar-refractivity contribution in [2.75, 3.05) is 6.54 Å². The standard InChI is InChI=1S/C16H22ClN/c17-16-7-2-1-4-13(16)10-12-5-3-6-14(12)11-18-15-8-9-15/h1-2,4,7,12,14-15,18H,3,5-6,8-11H2. The number of benzene rings is 1. The summed E-state index contributed by atoms with van der Waals surface area (Å²) in [6, 6.07) is 9.17. The fourth-order valence-electron chi connectivity index (χ4n) is 3.20. The van der Waals surface area contributed by atoms with Gasteiger partial charge in [0.15, 0.2) is 0 Å². The third-order valence-corrected chi connectivity index (χ3v) is 4.87. The summed E-state index contributed by atoms with van der Waals surface area (Å²) >= 11 is 6.27. The van der Waals surface area contributed by atoms with E-state index in [4.69, 9.17) is 11.6 Å². The van der Waals surface area contributed by atoms with E-state index in [1.54, 1.807) is 0 Å². The molecule has 1 aromatic rings. The predicted molar refractivity (Wildman–Crippen MR) is 77.0 cm³/mol. The first kappa shape index (κ1) is 12.5. The molecule has 0 aromatic heterocycles. The lowest BCUT2D eigenvalue weighted by molar-refractivity contribution is 0.364. The van der Waals surface area contributed by atoms with Gasteiger partial charge in [0.2, 0.25) is 0 Å². The molecular formula is C16H22ClN. The van der Waals surface area contributed by atoms with Gasteiger partial charge in [0, 0.05) is 11.1 Å². The Labute approximate surface area is 115 Å². The summed E-state index contributed by atoms with van der Waals surface area (Å²) in [7, 11) is 0. The highest BCUT2D eigenvalue weighted by atomic mass is 35.5. The van der Waals surface area contributed by atoms with Gasteiger partial charge in [-0.25, -0.2) is 0 Å². The highest BCUT2D eigenvalue weighted by molar-refractivity contribution is 6.31. The molecule has 0 spiro atoms. The fourth-order valence-corrected chi connectivity index (χ4v) is 3.42. The van der Waals surface area contributed by atoms with Gasteiger partial charge in [-0.05, 0) is 62.1 Å². The molecule has 3 rings (SSSR count). The van der Waals surface area contributed by atoms with Gasteiger partial charge in [-0.15, -0.1) is 0 Å². The second-order valence-corrected chi connectivity index (χ2v) is 6.34. The van der Waals surface area contributed by atoms with Crippen LogP contribution >= 0.6 is 11.6 Å². The van der Waals surface area contributed by atoms with E-state index in [-0.39, 0.29) is 0 Å². The maximum absolute atomic E-state index is 6.27. The van der Waals surface area contributed by atoms with Crippen LogP contribution in [0, 0.1) is 11.8 Å². The average Bonchev–Trinajstić information content (AvgIpc) is 3.10. The second kappa shape index (κ2) is 5.63. The molecule has 0 aliphatic heterocycles. The van der Waals surface area contributed by atoms with Gasteiger partial charge in [-0.2, -0.15) is 0 Å². The molecule has 2 aliphatic rings. The van der Waals surface area contributed by atoms with Crippen LogP contribution in [0.1, 0.15) is 37.7 Å². The first-order chi connectivity index (χ1) is 8.83. The molecular weight excluding hydrogens is 242 g/mol. The van der Waals surface area contributed by atoms with Crippen molar-refractivity contribution < 1.29 is 0 Å². The SMILES string of the molecule is Clc1ccccc1CC1CCCC1CNC1CC1. The number of hydrogen-bond acceptors (Lipinski definition) is 1. The monoisotopic (exact) mass is 263 g/mol. The molecule has 0 radical (unpaired) electrons. The van der Waals surface area contributed by atoms with E-state index in [1.165, 1.54) is 44.2 Å². The Morgan fingerprint density at radius 1 is 1.06 bits per heavy atom. The van der Waals surface area contributed by atoms with E-state index in [0.29, 0.717) is 0 Å². The molecule has 1 nitrogen and oxygen atoms in total. The molecule has 1 N–H and O–H groups in total. The third kappa shape index (κ3) is 3.07. The van der Waals surface area contributed by atoms with Crippen LogP contribution in [0.5, 0.6) is 0 Å². The topological polar surface area (TPSA) is 12.0 Å². The summed E-state index contributed by atoms with van der Waals surface area (Å²) in [5, 5.41) is 4.64. The van der Waals surface area contributed by atoms with Gasteiger partial charge < -0.3 is 5.32 Å². The highest BCUT2D eigenvalue weighted by Crippen LogP contribution is 2.35. The van der Waals surface area contributed by atoms with Crippen LogP contribution in [-0.4, -0.2) is 12.6 Å². The maximum Gasteiger partial charge on any atom is 0.0438 e. The lowest BCUT2D eigenvalue weighted by atomic mass is 9.89. The molecule has 1 aromatic carbocycles. The van der Waals surface area contributed by atoms with Gasteiger partial charge in [-0.1, -0.05) is 36.2 Å². The summed E-state index contributed by atoms with van der Waals surface area (Å²) in [6.07, 6.45) is 8.11. The Bertz CT molecular complexity index is 400. The van der Waals surface area contributed by atoms with E-state index < -0.39 is 0 Å². The van der Waals surface area contributed by atoms with E-state index in [9.17, 15) is 0 Å². The van der Waals surface area contributed by atoms with Crippen molar-refractivity contribution in [3.63, 3.8) is 0 Å². The molecule has 2 unspecified atom stereocenters. The van der Waals surface area contributed by atoms with E-state index in [1.807, 2.05) is 12.1 Å². The molecule has 2 fully saturated rings. The van der Waals surface area contributed by atoms with Crippen molar-refractivity contribution in [3.8, 4) is 0 Å².